The maximum absolute atomic E-state index is 12.0. The standard InChI is InChI=1S/C14H15ClN2O2/c1-8-3-4-10(15)7-11(8)17-14(18)13-6-5-12(19-13)9(2)16/h3-7,9H,16H2,1-2H3,(H,17,18). The fourth-order valence-electron chi connectivity index (χ4n) is 1.63. The van der Waals surface area contributed by atoms with E-state index >= 15 is 0 Å². The van der Waals surface area contributed by atoms with Gasteiger partial charge in [0, 0.05) is 10.7 Å². The van der Waals surface area contributed by atoms with E-state index in [0.29, 0.717) is 16.5 Å². The Morgan fingerprint density at radius 2 is 2.11 bits per heavy atom. The fourth-order valence-corrected chi connectivity index (χ4v) is 1.80. The van der Waals surface area contributed by atoms with Crippen molar-refractivity contribution in [2.45, 2.75) is 19.9 Å². The highest BCUT2D eigenvalue weighted by molar-refractivity contribution is 6.31. The molecule has 0 aliphatic heterocycles. The first-order chi connectivity index (χ1) is 8.97. The zero-order chi connectivity index (χ0) is 14.0. The van der Waals surface area contributed by atoms with E-state index in [1.807, 2.05) is 13.0 Å². The molecule has 0 fully saturated rings. The van der Waals surface area contributed by atoms with Crippen molar-refractivity contribution in [1.82, 2.24) is 0 Å². The SMILES string of the molecule is Cc1ccc(Cl)cc1NC(=O)c1ccc(C(C)N)o1. The minimum absolute atomic E-state index is 0.228. The number of rotatable bonds is 3. The fraction of sp³-hybridized carbons (Fsp3) is 0.214. The van der Waals surface area contributed by atoms with Crippen LogP contribution in [0.15, 0.2) is 34.7 Å². The summed E-state index contributed by atoms with van der Waals surface area (Å²) >= 11 is 5.90. The Bertz CT molecular complexity index is 605. The van der Waals surface area contributed by atoms with Gasteiger partial charge in [-0.1, -0.05) is 17.7 Å². The topological polar surface area (TPSA) is 68.3 Å². The predicted octanol–water partition coefficient (Wildman–Crippen LogP) is 3.51. The number of nitrogens with one attached hydrogen (secondary N) is 1. The number of hydrogen-bond donors (Lipinski definition) is 2. The summed E-state index contributed by atoms with van der Waals surface area (Å²) in [6.45, 7) is 3.68. The van der Waals surface area contributed by atoms with Gasteiger partial charge >= 0.3 is 0 Å². The van der Waals surface area contributed by atoms with E-state index in [9.17, 15) is 4.79 Å². The maximum atomic E-state index is 12.0. The largest absolute Gasteiger partial charge is 0.454 e. The summed E-state index contributed by atoms with van der Waals surface area (Å²) in [7, 11) is 0. The van der Waals surface area contributed by atoms with Gasteiger partial charge in [0.1, 0.15) is 5.76 Å². The van der Waals surface area contributed by atoms with E-state index in [1.165, 1.54) is 0 Å². The first-order valence-corrected chi connectivity index (χ1v) is 6.28. The highest BCUT2D eigenvalue weighted by atomic mass is 35.5. The van der Waals surface area contributed by atoms with Crippen LogP contribution in [0.4, 0.5) is 5.69 Å². The summed E-state index contributed by atoms with van der Waals surface area (Å²) in [6.07, 6.45) is 0. The molecule has 1 amide bonds. The molecule has 4 nitrogen and oxygen atoms in total. The van der Waals surface area contributed by atoms with Crippen molar-refractivity contribution in [1.29, 1.82) is 0 Å². The van der Waals surface area contributed by atoms with Crippen LogP contribution in [0, 0.1) is 6.92 Å². The number of carbonyl (C=O) groups is 1. The summed E-state index contributed by atoms with van der Waals surface area (Å²) in [5.74, 6) is 0.483. The van der Waals surface area contributed by atoms with E-state index in [0.717, 1.165) is 5.56 Å². The molecule has 0 saturated heterocycles. The Morgan fingerprint density at radius 3 is 2.74 bits per heavy atom. The molecule has 1 heterocycles. The Balaban J connectivity index is 2.18. The van der Waals surface area contributed by atoms with Crippen molar-refractivity contribution in [3.8, 4) is 0 Å². The molecule has 0 aliphatic carbocycles. The molecule has 0 radical (unpaired) electrons. The lowest BCUT2D eigenvalue weighted by Gasteiger charge is -2.07. The molecule has 2 aromatic rings. The summed E-state index contributed by atoms with van der Waals surface area (Å²) in [6, 6.07) is 8.37. The number of carbonyl (C=O) groups excluding carboxylic acids is 1. The number of benzene rings is 1. The average Bonchev–Trinajstić information content (AvgIpc) is 2.83. The molecule has 100 valence electrons. The summed E-state index contributed by atoms with van der Waals surface area (Å²) in [5, 5.41) is 3.33. The van der Waals surface area contributed by atoms with Crippen LogP contribution >= 0.6 is 11.6 Å². The first kappa shape index (κ1) is 13.6. The van der Waals surface area contributed by atoms with Crippen LogP contribution in [0.2, 0.25) is 5.02 Å². The number of nitrogens with two attached hydrogens (primary N) is 1. The highest BCUT2D eigenvalue weighted by Crippen LogP contribution is 2.21. The van der Waals surface area contributed by atoms with E-state index < -0.39 is 0 Å². The average molecular weight is 279 g/mol. The number of hydrogen-bond acceptors (Lipinski definition) is 3. The van der Waals surface area contributed by atoms with E-state index in [1.54, 1.807) is 31.2 Å². The van der Waals surface area contributed by atoms with Gasteiger partial charge in [-0.05, 0) is 43.7 Å². The van der Waals surface area contributed by atoms with E-state index in [-0.39, 0.29) is 17.7 Å². The van der Waals surface area contributed by atoms with E-state index in [2.05, 4.69) is 5.32 Å². The quantitative estimate of drug-likeness (QED) is 0.903. The van der Waals surface area contributed by atoms with Crippen LogP contribution in [0.1, 0.15) is 34.8 Å². The molecule has 19 heavy (non-hydrogen) atoms. The normalized spacial score (nSPS) is 12.2. The van der Waals surface area contributed by atoms with Crippen LogP contribution in [0.25, 0.3) is 0 Å². The third-order valence-electron chi connectivity index (χ3n) is 2.75. The lowest BCUT2D eigenvalue weighted by atomic mass is 10.2. The van der Waals surface area contributed by atoms with Crippen LogP contribution in [0.5, 0.6) is 0 Å². The van der Waals surface area contributed by atoms with Gasteiger partial charge in [-0.15, -0.1) is 0 Å². The van der Waals surface area contributed by atoms with Crippen molar-refractivity contribution in [3.63, 3.8) is 0 Å². The van der Waals surface area contributed by atoms with Gasteiger partial charge in [0.05, 0.1) is 6.04 Å². The second kappa shape index (κ2) is 5.47. The molecule has 3 N–H and O–H groups in total. The van der Waals surface area contributed by atoms with Gasteiger partial charge < -0.3 is 15.5 Å². The lowest BCUT2D eigenvalue weighted by Crippen LogP contribution is -2.12. The Kier molecular flexibility index (Phi) is 3.93. The van der Waals surface area contributed by atoms with Crippen LogP contribution in [-0.2, 0) is 0 Å². The van der Waals surface area contributed by atoms with Crippen molar-refractivity contribution in [2.24, 2.45) is 5.73 Å². The Labute approximate surface area is 116 Å². The molecule has 1 aromatic carbocycles. The second-order valence-electron chi connectivity index (χ2n) is 4.40. The summed E-state index contributed by atoms with van der Waals surface area (Å²) in [4.78, 5) is 12.0. The maximum Gasteiger partial charge on any atom is 0.291 e. The Hall–Kier alpha value is -1.78. The second-order valence-corrected chi connectivity index (χ2v) is 4.84. The van der Waals surface area contributed by atoms with Crippen molar-refractivity contribution < 1.29 is 9.21 Å². The van der Waals surface area contributed by atoms with Crippen LogP contribution < -0.4 is 11.1 Å². The third kappa shape index (κ3) is 3.16. The molecule has 2 rings (SSSR count). The molecule has 0 bridgehead atoms. The zero-order valence-electron chi connectivity index (χ0n) is 10.7. The van der Waals surface area contributed by atoms with E-state index in [4.69, 9.17) is 21.8 Å². The minimum Gasteiger partial charge on any atom is -0.454 e. The lowest BCUT2D eigenvalue weighted by molar-refractivity contribution is 0.0994. The van der Waals surface area contributed by atoms with Gasteiger partial charge in [-0.3, -0.25) is 4.79 Å². The number of halogens is 1. The molecule has 1 unspecified atom stereocenters. The molecular formula is C14H15ClN2O2. The van der Waals surface area contributed by atoms with Gasteiger partial charge in [0.2, 0.25) is 0 Å². The highest BCUT2D eigenvalue weighted by Gasteiger charge is 2.14. The molecule has 1 aromatic heterocycles. The van der Waals surface area contributed by atoms with Crippen molar-refractivity contribution >= 4 is 23.2 Å². The van der Waals surface area contributed by atoms with Crippen molar-refractivity contribution in [3.05, 3.63) is 52.4 Å². The number of amides is 1. The van der Waals surface area contributed by atoms with Crippen LogP contribution in [0.3, 0.4) is 0 Å². The Morgan fingerprint density at radius 1 is 1.37 bits per heavy atom. The third-order valence-corrected chi connectivity index (χ3v) is 2.98. The smallest absolute Gasteiger partial charge is 0.291 e. The van der Waals surface area contributed by atoms with Crippen LogP contribution in [-0.4, -0.2) is 5.91 Å². The predicted molar refractivity (Wildman–Crippen MR) is 75.5 cm³/mol. The summed E-state index contributed by atoms with van der Waals surface area (Å²) in [5.41, 5.74) is 7.27. The number of aryl methyl sites for hydroxylation is 1. The number of furan rings is 1. The molecule has 5 heteroatoms. The van der Waals surface area contributed by atoms with Gasteiger partial charge in [-0.2, -0.15) is 0 Å². The summed E-state index contributed by atoms with van der Waals surface area (Å²) < 4.78 is 5.38. The van der Waals surface area contributed by atoms with Crippen molar-refractivity contribution in [2.75, 3.05) is 5.32 Å². The molecule has 0 spiro atoms. The minimum atomic E-state index is -0.322. The van der Waals surface area contributed by atoms with Gasteiger partial charge in [0.25, 0.3) is 5.91 Å². The molecule has 0 saturated carbocycles. The zero-order valence-corrected chi connectivity index (χ0v) is 11.5. The number of anilines is 1. The van der Waals surface area contributed by atoms with Gasteiger partial charge in [-0.25, -0.2) is 0 Å². The molecule has 1 atom stereocenters. The first-order valence-electron chi connectivity index (χ1n) is 5.90. The molecule has 0 aliphatic rings. The monoisotopic (exact) mass is 278 g/mol. The molecular weight excluding hydrogens is 264 g/mol. The van der Waals surface area contributed by atoms with Gasteiger partial charge in [0.15, 0.2) is 5.76 Å².